The number of likely N-dealkylation sites (N-methyl/N-ethyl adjacent to an activating group) is 1. The van der Waals surface area contributed by atoms with E-state index in [1.807, 2.05) is 0 Å². The van der Waals surface area contributed by atoms with Gasteiger partial charge in [-0.05, 0) is 12.3 Å². The number of aliphatic hydroxyl groups is 1. The summed E-state index contributed by atoms with van der Waals surface area (Å²) in [5.41, 5.74) is 0. The summed E-state index contributed by atoms with van der Waals surface area (Å²) < 4.78 is 9.95. The monoisotopic (exact) mass is 290 g/mol. The van der Waals surface area contributed by atoms with Crippen molar-refractivity contribution in [3.8, 4) is 0 Å². The maximum absolute atomic E-state index is 11.4. The van der Waals surface area contributed by atoms with Crippen LogP contribution in [0.3, 0.4) is 0 Å². The fourth-order valence-electron chi connectivity index (χ4n) is 1.53. The first kappa shape index (κ1) is 19.1. The third-order valence-corrected chi connectivity index (χ3v) is 2.55. The molecule has 0 aromatic rings. The highest BCUT2D eigenvalue weighted by atomic mass is 16.6. The van der Waals surface area contributed by atoms with Crippen LogP contribution in [0.25, 0.3) is 0 Å². The molecule has 1 fully saturated rings. The van der Waals surface area contributed by atoms with Crippen molar-refractivity contribution in [1.29, 1.82) is 0 Å². The molecule has 1 aliphatic rings. The van der Waals surface area contributed by atoms with E-state index in [-0.39, 0.29) is 18.2 Å². The molecule has 0 spiro atoms. The largest absolute Gasteiger partial charge is 0.448 e. The summed E-state index contributed by atoms with van der Waals surface area (Å²) in [4.78, 5) is 12.9. The van der Waals surface area contributed by atoms with Crippen molar-refractivity contribution in [2.75, 3.05) is 40.5 Å². The third-order valence-electron chi connectivity index (χ3n) is 2.55. The molecule has 6 heteroatoms. The summed E-state index contributed by atoms with van der Waals surface area (Å²) in [7, 11) is 3.25. The first-order chi connectivity index (χ1) is 9.36. The van der Waals surface area contributed by atoms with Crippen LogP contribution in [0.2, 0.25) is 0 Å². The van der Waals surface area contributed by atoms with Gasteiger partial charge in [0.25, 0.3) is 0 Å². The zero-order valence-electron chi connectivity index (χ0n) is 13.4. The number of ether oxygens (including phenoxy) is 2. The zero-order chi connectivity index (χ0) is 15.5. The molecule has 2 N–H and O–H groups in total. The van der Waals surface area contributed by atoms with E-state index >= 15 is 0 Å². The van der Waals surface area contributed by atoms with Crippen molar-refractivity contribution in [3.63, 3.8) is 0 Å². The summed E-state index contributed by atoms with van der Waals surface area (Å²) in [6.07, 6.45) is -0.0510. The number of hydrogen-bond donors (Lipinski definition) is 2. The van der Waals surface area contributed by atoms with Crippen molar-refractivity contribution >= 4 is 6.09 Å². The summed E-state index contributed by atoms with van der Waals surface area (Å²) >= 11 is 0. The van der Waals surface area contributed by atoms with Crippen LogP contribution in [0.15, 0.2) is 0 Å². The predicted octanol–water partition coefficient (Wildman–Crippen LogP) is 1.09. The molecule has 0 aromatic heterocycles. The van der Waals surface area contributed by atoms with Gasteiger partial charge in [-0.3, -0.25) is 0 Å². The van der Waals surface area contributed by atoms with E-state index in [1.165, 1.54) is 4.90 Å². The van der Waals surface area contributed by atoms with Gasteiger partial charge in [0.2, 0.25) is 0 Å². The van der Waals surface area contributed by atoms with Crippen molar-refractivity contribution in [3.05, 3.63) is 0 Å². The van der Waals surface area contributed by atoms with Crippen LogP contribution in [-0.4, -0.2) is 68.7 Å². The lowest BCUT2D eigenvalue weighted by Gasteiger charge is -2.18. The Hall–Kier alpha value is -0.850. The van der Waals surface area contributed by atoms with Crippen LogP contribution in [0.1, 0.15) is 27.2 Å². The van der Waals surface area contributed by atoms with E-state index < -0.39 is 0 Å². The molecule has 20 heavy (non-hydrogen) atoms. The van der Waals surface area contributed by atoms with E-state index in [4.69, 9.17) is 9.47 Å². The van der Waals surface area contributed by atoms with Gasteiger partial charge in [-0.2, -0.15) is 0 Å². The van der Waals surface area contributed by atoms with Gasteiger partial charge in [0, 0.05) is 33.3 Å². The topological polar surface area (TPSA) is 71.0 Å². The van der Waals surface area contributed by atoms with E-state index in [0.717, 1.165) is 5.92 Å². The highest BCUT2D eigenvalue weighted by molar-refractivity contribution is 5.67. The lowest BCUT2D eigenvalue weighted by atomic mass is 10.2. The fraction of sp³-hybridized carbons (Fsp3) is 0.929. The second-order valence-electron chi connectivity index (χ2n) is 5.72. The number of methoxy groups -OCH3 is 1. The molecule has 0 aromatic carbocycles. The van der Waals surface area contributed by atoms with Gasteiger partial charge >= 0.3 is 6.09 Å². The van der Waals surface area contributed by atoms with Gasteiger partial charge in [0.1, 0.15) is 6.61 Å². The second-order valence-corrected chi connectivity index (χ2v) is 5.72. The molecule has 2 atom stereocenters. The molecular weight excluding hydrogens is 260 g/mol. The number of amides is 1. The molecule has 1 heterocycles. The zero-order valence-corrected chi connectivity index (χ0v) is 13.4. The summed E-state index contributed by atoms with van der Waals surface area (Å²) in [5, 5.41) is 12.3. The summed E-state index contributed by atoms with van der Waals surface area (Å²) in [6.45, 7) is 8.37. The first-order valence-electron chi connectivity index (χ1n) is 7.15. The molecule has 1 amide bonds. The average molecular weight is 290 g/mol. The Bertz CT molecular complexity index is 259. The predicted molar refractivity (Wildman–Crippen MR) is 78.8 cm³/mol. The molecule has 2 unspecified atom stereocenters. The average Bonchev–Trinajstić information content (AvgIpc) is 2.78. The molecule has 0 aliphatic carbocycles. The van der Waals surface area contributed by atoms with Gasteiger partial charge in [-0.15, -0.1) is 0 Å². The normalized spacial score (nSPS) is 21.4. The smallest absolute Gasteiger partial charge is 0.409 e. The molecule has 0 radical (unpaired) electrons. The van der Waals surface area contributed by atoms with Crippen LogP contribution in [0, 0.1) is 5.92 Å². The highest BCUT2D eigenvalue weighted by Crippen LogP contribution is 2.06. The number of nitrogens with one attached hydrogen (secondary N) is 1. The van der Waals surface area contributed by atoms with Crippen LogP contribution in [0.4, 0.5) is 4.79 Å². The minimum Gasteiger partial charge on any atom is -0.448 e. The van der Waals surface area contributed by atoms with Crippen LogP contribution in [0.5, 0.6) is 0 Å². The molecule has 120 valence electrons. The van der Waals surface area contributed by atoms with Gasteiger partial charge in [0.05, 0.1) is 12.7 Å². The summed E-state index contributed by atoms with van der Waals surface area (Å²) in [6, 6.07) is 0.0646. The van der Waals surface area contributed by atoms with Crippen LogP contribution in [-0.2, 0) is 9.47 Å². The molecule has 1 rings (SSSR count). The van der Waals surface area contributed by atoms with Crippen molar-refractivity contribution in [2.24, 2.45) is 5.92 Å². The van der Waals surface area contributed by atoms with E-state index in [9.17, 15) is 9.90 Å². The van der Waals surface area contributed by atoms with Gasteiger partial charge in [-0.1, -0.05) is 20.8 Å². The Morgan fingerprint density at radius 3 is 2.50 bits per heavy atom. The van der Waals surface area contributed by atoms with Gasteiger partial charge in [0.15, 0.2) is 0 Å². The lowest BCUT2D eigenvalue weighted by molar-refractivity contribution is 0.0892. The Kier molecular flexibility index (Phi) is 10.4. The minimum absolute atomic E-state index is 0.0646. The van der Waals surface area contributed by atoms with Crippen LogP contribution < -0.4 is 5.32 Å². The quantitative estimate of drug-likeness (QED) is 0.793. The van der Waals surface area contributed by atoms with E-state index in [2.05, 4.69) is 26.1 Å². The SMILES string of the molecule is CC(C)C.COCCN(C)C(=O)OCC1CC(O)CN1. The molecule has 1 saturated heterocycles. The minimum atomic E-state index is -0.361. The van der Waals surface area contributed by atoms with Crippen molar-refractivity contribution in [1.82, 2.24) is 10.2 Å². The molecule has 1 aliphatic heterocycles. The van der Waals surface area contributed by atoms with Gasteiger partial charge < -0.3 is 24.8 Å². The number of nitrogens with zero attached hydrogens (tertiary/aromatic N) is 1. The van der Waals surface area contributed by atoms with Crippen molar-refractivity contribution < 1.29 is 19.4 Å². The third kappa shape index (κ3) is 10.00. The number of carbonyl (C=O) groups is 1. The Labute approximate surface area is 122 Å². The Balaban J connectivity index is 0.000000796. The summed E-state index contributed by atoms with van der Waals surface area (Å²) in [5.74, 6) is 0.833. The standard InChI is InChI=1S/C10H20N2O4.C4H10/c1-12(3-4-15-2)10(14)16-7-8-5-9(13)6-11-8;1-4(2)3/h8-9,11,13H,3-7H2,1-2H3;4H,1-3H3. The van der Waals surface area contributed by atoms with Crippen LogP contribution >= 0.6 is 0 Å². The fourth-order valence-corrected chi connectivity index (χ4v) is 1.53. The maximum Gasteiger partial charge on any atom is 0.409 e. The number of hydrogen-bond acceptors (Lipinski definition) is 5. The molecule has 0 saturated carbocycles. The lowest BCUT2D eigenvalue weighted by Crippen LogP contribution is -2.34. The number of rotatable bonds is 5. The molecule has 0 bridgehead atoms. The van der Waals surface area contributed by atoms with Crippen molar-refractivity contribution in [2.45, 2.75) is 39.3 Å². The van der Waals surface area contributed by atoms with E-state index in [1.54, 1.807) is 14.2 Å². The Morgan fingerprint density at radius 2 is 2.05 bits per heavy atom. The van der Waals surface area contributed by atoms with E-state index in [0.29, 0.717) is 32.7 Å². The number of aliphatic hydroxyl groups excluding tert-OH is 1. The second kappa shape index (κ2) is 10.9. The number of β-amino-alcohol motifs (C(OH)–C–C–N with tert-alkyl or cyclic N) is 1. The molecule has 6 nitrogen and oxygen atoms in total. The Morgan fingerprint density at radius 1 is 1.45 bits per heavy atom. The number of carbonyl (C=O) groups excluding carboxylic acids is 1. The first-order valence-corrected chi connectivity index (χ1v) is 7.15. The van der Waals surface area contributed by atoms with Gasteiger partial charge in [-0.25, -0.2) is 4.79 Å². The maximum atomic E-state index is 11.4. The molecular formula is C14H30N2O4. The highest BCUT2D eigenvalue weighted by Gasteiger charge is 2.23.